The van der Waals surface area contributed by atoms with Crippen LogP contribution >= 0.6 is 0 Å². The maximum absolute atomic E-state index is 12.2. The number of hydrogen-bond acceptors (Lipinski definition) is 8. The number of anilines is 1. The van der Waals surface area contributed by atoms with Crippen LogP contribution in [0.2, 0.25) is 0 Å². The maximum Gasteiger partial charge on any atom is 0.414 e. The molecule has 9 nitrogen and oxygen atoms in total. The zero-order valence-corrected chi connectivity index (χ0v) is 22.8. The van der Waals surface area contributed by atoms with E-state index in [2.05, 4.69) is 16.0 Å². The van der Waals surface area contributed by atoms with Gasteiger partial charge in [0.05, 0.1) is 39.3 Å². The fourth-order valence-electron chi connectivity index (χ4n) is 2.77. The molecule has 1 amide bonds. The van der Waals surface area contributed by atoms with Gasteiger partial charge in [-0.1, -0.05) is 11.8 Å². The number of amides is 1. The zero-order valence-electron chi connectivity index (χ0n) is 22.0. The summed E-state index contributed by atoms with van der Waals surface area (Å²) in [6, 6.07) is 14.8. The Morgan fingerprint density at radius 3 is 1.81 bits per heavy atom. The van der Waals surface area contributed by atoms with Crippen molar-refractivity contribution in [2.24, 2.45) is 0 Å². The average Bonchev–Trinajstić information content (AvgIpc) is 2.82. The van der Waals surface area contributed by atoms with E-state index in [9.17, 15) is 13.2 Å². The molecule has 0 saturated carbocycles. The minimum atomic E-state index is -3.43. The SMILES string of the molecule is CN(C(=O)OC(C)(C)C)c1ccc(C#Cc2ccc(OCCOCCOCCOS(C)(=O)=O)cc2)cc1. The Hall–Kier alpha value is -3.10. The topological polar surface area (TPSA) is 101 Å². The van der Waals surface area contributed by atoms with E-state index < -0.39 is 21.8 Å². The van der Waals surface area contributed by atoms with Crippen molar-refractivity contribution in [2.75, 3.05) is 57.8 Å². The lowest BCUT2D eigenvalue weighted by atomic mass is 10.1. The summed E-state index contributed by atoms with van der Waals surface area (Å²) >= 11 is 0. The molecule has 37 heavy (non-hydrogen) atoms. The Labute approximate surface area is 219 Å². The second-order valence-corrected chi connectivity index (χ2v) is 10.6. The van der Waals surface area contributed by atoms with E-state index in [1.807, 2.05) is 69.3 Å². The minimum absolute atomic E-state index is 0.0119. The quantitative estimate of drug-likeness (QED) is 0.230. The van der Waals surface area contributed by atoms with Crippen molar-refractivity contribution >= 4 is 21.9 Å². The van der Waals surface area contributed by atoms with E-state index in [1.165, 1.54) is 4.90 Å². The molecule has 0 aliphatic rings. The molecule has 202 valence electrons. The number of hydrogen-bond donors (Lipinski definition) is 0. The average molecular weight is 534 g/mol. The second kappa shape index (κ2) is 14.6. The number of carbonyl (C=O) groups is 1. The smallest absolute Gasteiger partial charge is 0.414 e. The summed E-state index contributed by atoms with van der Waals surface area (Å²) in [5, 5.41) is 0. The summed E-state index contributed by atoms with van der Waals surface area (Å²) in [6.07, 6.45) is 0.581. The van der Waals surface area contributed by atoms with Crippen molar-refractivity contribution in [2.45, 2.75) is 26.4 Å². The molecule has 0 aromatic heterocycles. The fraction of sp³-hybridized carbons (Fsp3) is 0.444. The normalized spacial score (nSPS) is 11.4. The lowest BCUT2D eigenvalue weighted by molar-refractivity contribution is 0.0280. The van der Waals surface area contributed by atoms with E-state index in [0.29, 0.717) is 32.2 Å². The van der Waals surface area contributed by atoms with Gasteiger partial charge in [-0.3, -0.25) is 9.08 Å². The van der Waals surface area contributed by atoms with Gasteiger partial charge in [-0.15, -0.1) is 0 Å². The third kappa shape index (κ3) is 13.1. The van der Waals surface area contributed by atoms with Crippen LogP contribution in [0.25, 0.3) is 0 Å². The van der Waals surface area contributed by atoms with Gasteiger partial charge in [-0.2, -0.15) is 8.42 Å². The van der Waals surface area contributed by atoms with Crippen LogP contribution in [0.4, 0.5) is 10.5 Å². The van der Waals surface area contributed by atoms with E-state index in [1.54, 1.807) is 7.05 Å². The third-order valence-corrected chi connectivity index (χ3v) is 5.12. The molecule has 0 saturated heterocycles. The Morgan fingerprint density at radius 2 is 1.30 bits per heavy atom. The first-order valence-electron chi connectivity index (χ1n) is 11.7. The molecule has 0 aliphatic heterocycles. The molecule has 0 heterocycles. The number of rotatable bonds is 12. The van der Waals surface area contributed by atoms with Crippen molar-refractivity contribution < 1.29 is 36.3 Å². The zero-order chi connectivity index (χ0) is 27.3. The summed E-state index contributed by atoms with van der Waals surface area (Å²) in [5.41, 5.74) is 1.83. The largest absolute Gasteiger partial charge is 0.491 e. The van der Waals surface area contributed by atoms with Gasteiger partial charge in [0.1, 0.15) is 18.0 Å². The van der Waals surface area contributed by atoms with Crippen LogP contribution in [0.3, 0.4) is 0 Å². The van der Waals surface area contributed by atoms with Crippen molar-refractivity contribution in [1.82, 2.24) is 0 Å². The summed E-state index contributed by atoms with van der Waals surface area (Å²) in [4.78, 5) is 13.7. The molecule has 10 heteroatoms. The van der Waals surface area contributed by atoms with E-state index in [4.69, 9.17) is 18.9 Å². The molecule has 0 atom stereocenters. The lowest BCUT2D eigenvalue weighted by Crippen LogP contribution is -2.34. The summed E-state index contributed by atoms with van der Waals surface area (Å²) in [7, 11) is -1.77. The van der Waals surface area contributed by atoms with Gasteiger partial charge >= 0.3 is 6.09 Å². The predicted molar refractivity (Wildman–Crippen MR) is 141 cm³/mol. The first-order valence-corrected chi connectivity index (χ1v) is 13.6. The molecule has 0 aliphatic carbocycles. The van der Waals surface area contributed by atoms with E-state index >= 15 is 0 Å². The number of carbonyl (C=O) groups excluding carboxylic acids is 1. The Morgan fingerprint density at radius 1 is 0.811 bits per heavy atom. The standard InChI is InChI=1S/C27H35NO8S/c1-27(2,3)36-26(29)28(4)24-12-8-22(9-13-24)6-7-23-10-14-25(15-11-23)34-20-18-32-16-17-33-19-21-35-37(5,30)31/h8-15H,16-21H2,1-5H3. The Kier molecular flexibility index (Phi) is 11.9. The van der Waals surface area contributed by atoms with Crippen LogP contribution in [0.15, 0.2) is 48.5 Å². The summed E-state index contributed by atoms with van der Waals surface area (Å²) in [5.74, 6) is 6.93. The summed E-state index contributed by atoms with van der Waals surface area (Å²) < 4.78 is 47.8. The highest BCUT2D eigenvalue weighted by Crippen LogP contribution is 2.17. The van der Waals surface area contributed by atoms with Crippen molar-refractivity contribution in [3.8, 4) is 17.6 Å². The molecule has 0 fully saturated rings. The molecule has 2 aromatic rings. The lowest BCUT2D eigenvalue weighted by Gasteiger charge is -2.24. The molecule has 0 spiro atoms. The van der Waals surface area contributed by atoms with Gasteiger partial charge in [0, 0.05) is 23.9 Å². The van der Waals surface area contributed by atoms with Crippen LogP contribution in [0.1, 0.15) is 31.9 Å². The van der Waals surface area contributed by atoms with Gasteiger partial charge in [-0.25, -0.2) is 4.79 Å². The number of benzene rings is 2. The molecule has 0 unspecified atom stereocenters. The predicted octanol–water partition coefficient (Wildman–Crippen LogP) is 3.85. The van der Waals surface area contributed by atoms with Crippen LogP contribution in [-0.4, -0.2) is 73.1 Å². The van der Waals surface area contributed by atoms with Crippen molar-refractivity contribution in [3.05, 3.63) is 59.7 Å². The number of ether oxygens (including phenoxy) is 4. The third-order valence-electron chi connectivity index (χ3n) is 4.52. The van der Waals surface area contributed by atoms with Gasteiger partial charge in [-0.05, 0) is 69.3 Å². The highest BCUT2D eigenvalue weighted by molar-refractivity contribution is 7.85. The second-order valence-electron chi connectivity index (χ2n) is 8.96. The highest BCUT2D eigenvalue weighted by Gasteiger charge is 2.20. The molecule has 2 rings (SSSR count). The van der Waals surface area contributed by atoms with Crippen LogP contribution in [-0.2, 0) is 28.5 Å². The first kappa shape index (κ1) is 30.1. The molecule has 0 bridgehead atoms. The van der Waals surface area contributed by atoms with Gasteiger partial charge in [0.15, 0.2) is 0 Å². The Balaban J connectivity index is 1.69. The van der Waals surface area contributed by atoms with Crippen LogP contribution in [0, 0.1) is 11.8 Å². The first-order chi connectivity index (χ1) is 17.4. The molecular formula is C27H35NO8S. The molecule has 2 aromatic carbocycles. The maximum atomic E-state index is 12.2. The van der Waals surface area contributed by atoms with Gasteiger partial charge < -0.3 is 18.9 Å². The summed E-state index contributed by atoms with van der Waals surface area (Å²) in [6.45, 7) is 7.14. The van der Waals surface area contributed by atoms with E-state index in [0.717, 1.165) is 23.1 Å². The molecular weight excluding hydrogens is 498 g/mol. The van der Waals surface area contributed by atoms with Crippen LogP contribution < -0.4 is 9.64 Å². The Bertz CT molecular complexity index is 1140. The molecule has 0 radical (unpaired) electrons. The monoisotopic (exact) mass is 533 g/mol. The molecule has 0 N–H and O–H groups in total. The number of nitrogens with zero attached hydrogens (tertiary/aromatic N) is 1. The van der Waals surface area contributed by atoms with Crippen molar-refractivity contribution in [3.63, 3.8) is 0 Å². The van der Waals surface area contributed by atoms with Gasteiger partial charge in [0.2, 0.25) is 0 Å². The minimum Gasteiger partial charge on any atom is -0.491 e. The van der Waals surface area contributed by atoms with E-state index in [-0.39, 0.29) is 13.2 Å². The van der Waals surface area contributed by atoms with Crippen molar-refractivity contribution in [1.29, 1.82) is 0 Å². The fourth-order valence-corrected chi connectivity index (χ4v) is 3.14. The highest BCUT2D eigenvalue weighted by atomic mass is 32.2. The van der Waals surface area contributed by atoms with Crippen LogP contribution in [0.5, 0.6) is 5.75 Å². The van der Waals surface area contributed by atoms with Gasteiger partial charge in [0.25, 0.3) is 10.1 Å².